The smallest absolute Gasteiger partial charge is 0.101 e. The summed E-state index contributed by atoms with van der Waals surface area (Å²) in [6.07, 6.45) is 5.80. The van der Waals surface area contributed by atoms with E-state index in [4.69, 9.17) is 0 Å². The second-order valence-electron chi connectivity index (χ2n) is 5.75. The van der Waals surface area contributed by atoms with E-state index in [2.05, 4.69) is 48.6 Å². The Morgan fingerprint density at radius 3 is 2.81 bits per heavy atom. The predicted molar refractivity (Wildman–Crippen MR) is 91.9 cm³/mol. The van der Waals surface area contributed by atoms with Crippen LogP contribution in [0, 0.1) is 11.3 Å². The molecular formula is C17H25N3S. The summed E-state index contributed by atoms with van der Waals surface area (Å²) >= 11 is 1.86. The number of hydrogen-bond acceptors (Lipinski definition) is 4. The number of rotatable bonds is 8. The van der Waals surface area contributed by atoms with E-state index in [0.29, 0.717) is 12.1 Å². The Bertz CT molecular complexity index is 505. The van der Waals surface area contributed by atoms with Crippen LogP contribution in [0.5, 0.6) is 0 Å². The Labute approximate surface area is 132 Å². The minimum absolute atomic E-state index is 0.475. The van der Waals surface area contributed by atoms with E-state index in [1.165, 1.54) is 18.4 Å². The number of hydrogen-bond donors (Lipinski definition) is 1. The molecule has 0 aliphatic heterocycles. The van der Waals surface area contributed by atoms with Gasteiger partial charge < -0.3 is 10.2 Å². The average Bonchev–Trinajstić information content (AvgIpc) is 3.34. The van der Waals surface area contributed by atoms with E-state index in [1.807, 2.05) is 17.8 Å². The maximum absolute atomic E-state index is 9.46. The SMILES string of the molecule is CCC(CSC)N(C)c1ccc(CNC2CC2)cc1C#N. The summed E-state index contributed by atoms with van der Waals surface area (Å²) in [7, 11) is 2.10. The molecule has 1 unspecified atom stereocenters. The van der Waals surface area contributed by atoms with Gasteiger partial charge in [0, 0.05) is 31.4 Å². The highest BCUT2D eigenvalue weighted by molar-refractivity contribution is 7.98. The lowest BCUT2D eigenvalue weighted by molar-refractivity contribution is 0.671. The maximum atomic E-state index is 9.46. The van der Waals surface area contributed by atoms with E-state index in [9.17, 15) is 5.26 Å². The Morgan fingerprint density at radius 1 is 1.48 bits per heavy atom. The van der Waals surface area contributed by atoms with Gasteiger partial charge in [-0.2, -0.15) is 17.0 Å². The second kappa shape index (κ2) is 7.72. The van der Waals surface area contributed by atoms with Crippen LogP contribution in [0.1, 0.15) is 37.3 Å². The minimum atomic E-state index is 0.475. The van der Waals surface area contributed by atoms with E-state index >= 15 is 0 Å². The van der Waals surface area contributed by atoms with Crippen LogP contribution >= 0.6 is 11.8 Å². The molecule has 1 fully saturated rings. The van der Waals surface area contributed by atoms with Crippen molar-refractivity contribution < 1.29 is 0 Å². The fraction of sp³-hybridized carbons (Fsp3) is 0.588. The molecule has 2 rings (SSSR count). The zero-order valence-corrected chi connectivity index (χ0v) is 14.0. The van der Waals surface area contributed by atoms with Gasteiger partial charge in [0.25, 0.3) is 0 Å². The van der Waals surface area contributed by atoms with Gasteiger partial charge in [-0.15, -0.1) is 0 Å². The van der Waals surface area contributed by atoms with Gasteiger partial charge in [0.05, 0.1) is 11.3 Å². The van der Waals surface area contributed by atoms with E-state index in [1.54, 1.807) is 0 Å². The van der Waals surface area contributed by atoms with Gasteiger partial charge in [0.1, 0.15) is 6.07 Å². The highest BCUT2D eigenvalue weighted by Crippen LogP contribution is 2.25. The predicted octanol–water partition coefficient (Wildman–Crippen LogP) is 3.39. The Kier molecular flexibility index (Phi) is 5.96. The molecular weight excluding hydrogens is 278 g/mol. The van der Waals surface area contributed by atoms with Gasteiger partial charge in [0.15, 0.2) is 0 Å². The van der Waals surface area contributed by atoms with Crippen molar-refractivity contribution in [3.8, 4) is 6.07 Å². The molecule has 3 nitrogen and oxygen atoms in total. The third kappa shape index (κ3) is 4.39. The van der Waals surface area contributed by atoms with Gasteiger partial charge in [-0.1, -0.05) is 13.0 Å². The van der Waals surface area contributed by atoms with Gasteiger partial charge >= 0.3 is 0 Å². The zero-order chi connectivity index (χ0) is 15.2. The zero-order valence-electron chi connectivity index (χ0n) is 13.2. The molecule has 0 saturated heterocycles. The second-order valence-corrected chi connectivity index (χ2v) is 6.66. The summed E-state index contributed by atoms with van der Waals surface area (Å²) in [5.41, 5.74) is 3.04. The molecule has 1 aliphatic rings. The largest absolute Gasteiger partial charge is 0.370 e. The van der Waals surface area contributed by atoms with E-state index in [-0.39, 0.29) is 0 Å². The molecule has 4 heteroatoms. The lowest BCUT2D eigenvalue weighted by Gasteiger charge is -2.29. The highest BCUT2D eigenvalue weighted by atomic mass is 32.2. The van der Waals surface area contributed by atoms with Crippen molar-refractivity contribution in [3.63, 3.8) is 0 Å². The fourth-order valence-corrected chi connectivity index (χ4v) is 3.38. The molecule has 0 amide bonds. The lowest BCUT2D eigenvalue weighted by Crippen LogP contribution is -2.33. The highest BCUT2D eigenvalue weighted by Gasteiger charge is 2.20. The molecule has 0 aromatic heterocycles. The van der Waals surface area contributed by atoms with Crippen LogP contribution in [-0.4, -0.2) is 31.1 Å². The number of anilines is 1. The molecule has 1 aliphatic carbocycles. The van der Waals surface area contributed by atoms with E-state index in [0.717, 1.165) is 30.0 Å². The average molecular weight is 303 g/mol. The standard InChI is InChI=1S/C17H25N3S/c1-4-16(12-21-3)20(2)17-8-5-13(9-14(17)10-18)11-19-15-6-7-15/h5,8-9,15-16,19H,4,6-7,11-12H2,1-3H3. The van der Waals surface area contributed by atoms with Crippen LogP contribution in [0.15, 0.2) is 18.2 Å². The van der Waals surface area contributed by atoms with Crippen LogP contribution in [0.3, 0.4) is 0 Å². The summed E-state index contributed by atoms with van der Waals surface area (Å²) in [5, 5.41) is 13.0. The normalized spacial score (nSPS) is 15.5. The molecule has 1 N–H and O–H groups in total. The van der Waals surface area contributed by atoms with Crippen LogP contribution < -0.4 is 10.2 Å². The van der Waals surface area contributed by atoms with Crippen molar-refractivity contribution in [2.24, 2.45) is 0 Å². The molecule has 1 aromatic rings. The van der Waals surface area contributed by atoms with Gasteiger partial charge in [0.2, 0.25) is 0 Å². The quantitative estimate of drug-likeness (QED) is 0.799. The number of thioether (sulfide) groups is 1. The summed E-state index contributed by atoms with van der Waals surface area (Å²) in [6.45, 7) is 3.07. The van der Waals surface area contributed by atoms with E-state index < -0.39 is 0 Å². The Balaban J connectivity index is 2.12. The van der Waals surface area contributed by atoms with Crippen LogP contribution in [0.2, 0.25) is 0 Å². The van der Waals surface area contributed by atoms with Crippen molar-refractivity contribution in [1.82, 2.24) is 5.32 Å². The maximum Gasteiger partial charge on any atom is 0.101 e. The Morgan fingerprint density at radius 2 is 2.24 bits per heavy atom. The molecule has 114 valence electrons. The summed E-state index contributed by atoms with van der Waals surface area (Å²) in [6, 6.07) is 9.82. The first-order valence-corrected chi connectivity index (χ1v) is 9.07. The number of nitrogens with one attached hydrogen (secondary N) is 1. The first kappa shape index (κ1) is 16.2. The minimum Gasteiger partial charge on any atom is -0.370 e. The number of nitrogens with zero attached hydrogens (tertiary/aromatic N) is 2. The molecule has 21 heavy (non-hydrogen) atoms. The molecule has 1 atom stereocenters. The van der Waals surface area contributed by atoms with Crippen molar-refractivity contribution in [2.45, 2.75) is 44.8 Å². The van der Waals surface area contributed by atoms with Gasteiger partial charge in [-0.25, -0.2) is 0 Å². The topological polar surface area (TPSA) is 39.1 Å². The lowest BCUT2D eigenvalue weighted by atomic mass is 10.1. The number of nitriles is 1. The van der Waals surface area contributed by atoms with Gasteiger partial charge in [-0.3, -0.25) is 0 Å². The summed E-state index contributed by atoms with van der Waals surface area (Å²) < 4.78 is 0. The van der Waals surface area contributed by atoms with Crippen molar-refractivity contribution in [3.05, 3.63) is 29.3 Å². The molecule has 1 aromatic carbocycles. The Hall–Kier alpha value is -1.18. The summed E-state index contributed by atoms with van der Waals surface area (Å²) in [5.74, 6) is 1.09. The molecule has 0 bridgehead atoms. The molecule has 0 heterocycles. The first-order valence-electron chi connectivity index (χ1n) is 7.67. The number of benzene rings is 1. The first-order chi connectivity index (χ1) is 10.2. The van der Waals surface area contributed by atoms with Crippen LogP contribution in [0.25, 0.3) is 0 Å². The molecule has 0 spiro atoms. The third-order valence-corrected chi connectivity index (χ3v) is 4.83. The monoisotopic (exact) mass is 303 g/mol. The third-order valence-electron chi connectivity index (χ3n) is 4.11. The van der Waals surface area contributed by atoms with Crippen LogP contribution in [0.4, 0.5) is 5.69 Å². The van der Waals surface area contributed by atoms with Crippen LogP contribution in [-0.2, 0) is 6.54 Å². The fourth-order valence-electron chi connectivity index (χ4n) is 2.53. The molecule has 1 saturated carbocycles. The summed E-state index contributed by atoms with van der Waals surface area (Å²) in [4.78, 5) is 2.26. The van der Waals surface area contributed by atoms with Gasteiger partial charge in [-0.05, 0) is 43.2 Å². The molecule has 0 radical (unpaired) electrons. The van der Waals surface area contributed by atoms with Crippen molar-refractivity contribution in [1.29, 1.82) is 5.26 Å². The van der Waals surface area contributed by atoms with Crippen molar-refractivity contribution in [2.75, 3.05) is 24.0 Å². The van der Waals surface area contributed by atoms with Crippen molar-refractivity contribution >= 4 is 17.4 Å².